The van der Waals surface area contributed by atoms with Crippen molar-refractivity contribution < 1.29 is 5.11 Å². The maximum atomic E-state index is 9.43. The number of rotatable bonds is 0. The van der Waals surface area contributed by atoms with E-state index in [1.165, 1.54) is 0 Å². The highest BCUT2D eigenvalue weighted by atomic mass is 35.5. The van der Waals surface area contributed by atoms with Gasteiger partial charge in [0.1, 0.15) is 0 Å². The summed E-state index contributed by atoms with van der Waals surface area (Å²) in [6.07, 6.45) is 4.86. The summed E-state index contributed by atoms with van der Waals surface area (Å²) in [5, 5.41) is 10.1. The lowest BCUT2D eigenvalue weighted by Crippen LogP contribution is -2.23. The molecule has 0 bridgehead atoms. The minimum atomic E-state index is -0.414. The Morgan fingerprint density at radius 1 is 1.64 bits per heavy atom. The Bertz CT molecular complexity index is 278. The van der Waals surface area contributed by atoms with Crippen LogP contribution in [0.15, 0.2) is 27.9 Å². The normalized spacial score (nSPS) is 28.9. The summed E-state index contributed by atoms with van der Waals surface area (Å²) in [6.45, 7) is 0. The van der Waals surface area contributed by atoms with Gasteiger partial charge in [-0.25, -0.2) is 0 Å². The van der Waals surface area contributed by atoms with Crippen molar-refractivity contribution in [1.82, 2.24) is 0 Å². The van der Waals surface area contributed by atoms with E-state index in [9.17, 15) is 5.11 Å². The van der Waals surface area contributed by atoms with Crippen molar-refractivity contribution in [1.29, 1.82) is 0 Å². The fourth-order valence-electron chi connectivity index (χ4n) is 1.38. The molecule has 0 radical (unpaired) electrons. The highest BCUT2D eigenvalue weighted by Crippen LogP contribution is 2.29. The molecule has 0 saturated carbocycles. The van der Waals surface area contributed by atoms with E-state index < -0.39 is 6.10 Å². The van der Waals surface area contributed by atoms with E-state index in [1.807, 2.05) is 6.08 Å². The van der Waals surface area contributed by atoms with Gasteiger partial charge in [-0.05, 0) is 12.8 Å². The van der Waals surface area contributed by atoms with E-state index >= 15 is 0 Å². The van der Waals surface area contributed by atoms with Crippen molar-refractivity contribution in [3.05, 3.63) is 22.9 Å². The average molecular weight is 170 g/mol. The topological polar surface area (TPSA) is 32.6 Å². The van der Waals surface area contributed by atoms with Crippen LogP contribution >= 0.6 is 11.6 Å². The van der Waals surface area contributed by atoms with Gasteiger partial charge in [0.25, 0.3) is 0 Å². The van der Waals surface area contributed by atoms with Gasteiger partial charge < -0.3 is 5.11 Å². The molecule has 1 aliphatic carbocycles. The number of aliphatic imine (C=N–C) groups is 1. The van der Waals surface area contributed by atoms with Crippen LogP contribution in [0, 0.1) is 0 Å². The molecule has 0 saturated heterocycles. The van der Waals surface area contributed by atoms with Crippen molar-refractivity contribution in [2.75, 3.05) is 0 Å². The first-order chi connectivity index (χ1) is 5.29. The third-order valence-corrected chi connectivity index (χ3v) is 2.26. The second-order valence-corrected chi connectivity index (χ2v) is 3.11. The fraction of sp³-hybridized carbons (Fsp3) is 0.375. The minimum absolute atomic E-state index is 0.414. The zero-order valence-corrected chi connectivity index (χ0v) is 6.67. The fourth-order valence-corrected chi connectivity index (χ4v) is 1.60. The molecule has 11 heavy (non-hydrogen) atoms. The van der Waals surface area contributed by atoms with Gasteiger partial charge in [0, 0.05) is 11.8 Å². The van der Waals surface area contributed by atoms with Gasteiger partial charge in [0.05, 0.1) is 16.8 Å². The molecule has 1 aliphatic heterocycles. The van der Waals surface area contributed by atoms with Crippen molar-refractivity contribution in [3.8, 4) is 0 Å². The van der Waals surface area contributed by atoms with Crippen LogP contribution in [0.25, 0.3) is 0 Å². The first-order valence-electron chi connectivity index (χ1n) is 3.61. The number of hydrogen-bond donors (Lipinski definition) is 1. The lowest BCUT2D eigenvalue weighted by molar-refractivity contribution is 0.230. The van der Waals surface area contributed by atoms with Crippen molar-refractivity contribution in [3.63, 3.8) is 0 Å². The van der Waals surface area contributed by atoms with Crippen LogP contribution in [0.2, 0.25) is 0 Å². The van der Waals surface area contributed by atoms with Crippen molar-refractivity contribution in [2.45, 2.75) is 18.9 Å². The molecule has 0 fully saturated rings. The molecule has 0 amide bonds. The van der Waals surface area contributed by atoms with Gasteiger partial charge in [-0.2, -0.15) is 0 Å². The molecular formula is C8H8ClNO. The molecule has 1 N–H and O–H groups in total. The molecule has 0 aromatic heterocycles. The largest absolute Gasteiger partial charge is 0.387 e. The SMILES string of the molecule is OC1CCC=C2C(Cl)=CN=C21. The molecular weight excluding hydrogens is 162 g/mol. The number of aliphatic hydroxyl groups excluding tert-OH is 1. The second-order valence-electron chi connectivity index (χ2n) is 2.70. The van der Waals surface area contributed by atoms with Crippen molar-refractivity contribution >= 4 is 17.3 Å². The lowest BCUT2D eigenvalue weighted by Gasteiger charge is -2.16. The number of halogens is 1. The second kappa shape index (κ2) is 2.47. The summed E-state index contributed by atoms with van der Waals surface area (Å²) in [5.74, 6) is 0. The highest BCUT2D eigenvalue weighted by Gasteiger charge is 2.25. The average Bonchev–Trinajstić information content (AvgIpc) is 2.35. The first kappa shape index (κ1) is 7.07. The summed E-state index contributed by atoms with van der Waals surface area (Å²) in [4.78, 5) is 4.02. The number of nitrogens with zero attached hydrogens (tertiary/aromatic N) is 1. The molecule has 2 aliphatic rings. The molecule has 2 rings (SSSR count). The molecule has 1 heterocycles. The smallest absolute Gasteiger partial charge is 0.0969 e. The zero-order valence-electron chi connectivity index (χ0n) is 5.92. The maximum absolute atomic E-state index is 9.43. The Hall–Kier alpha value is -0.600. The van der Waals surface area contributed by atoms with Crippen LogP contribution in [0.3, 0.4) is 0 Å². The van der Waals surface area contributed by atoms with Gasteiger partial charge in [-0.15, -0.1) is 0 Å². The summed E-state index contributed by atoms with van der Waals surface area (Å²) in [6, 6.07) is 0. The van der Waals surface area contributed by atoms with Gasteiger partial charge in [0.2, 0.25) is 0 Å². The molecule has 0 spiro atoms. The van der Waals surface area contributed by atoms with E-state index in [2.05, 4.69) is 4.99 Å². The van der Waals surface area contributed by atoms with Crippen LogP contribution in [0.5, 0.6) is 0 Å². The predicted molar refractivity (Wildman–Crippen MR) is 44.7 cm³/mol. The van der Waals surface area contributed by atoms with Crippen LogP contribution in [-0.4, -0.2) is 16.9 Å². The van der Waals surface area contributed by atoms with Crippen molar-refractivity contribution in [2.24, 2.45) is 4.99 Å². The number of fused-ring (bicyclic) bond motifs is 1. The third-order valence-electron chi connectivity index (χ3n) is 1.95. The van der Waals surface area contributed by atoms with Gasteiger partial charge in [-0.3, -0.25) is 4.99 Å². The standard InChI is InChI=1S/C8H8ClNO/c9-6-4-10-8-5(6)2-1-3-7(8)11/h2,4,7,11H,1,3H2. The van der Waals surface area contributed by atoms with E-state index in [0.717, 1.165) is 24.1 Å². The van der Waals surface area contributed by atoms with E-state index in [-0.39, 0.29) is 0 Å². The Balaban J connectivity index is 2.39. The van der Waals surface area contributed by atoms with E-state index in [1.54, 1.807) is 6.20 Å². The molecule has 1 atom stereocenters. The Morgan fingerprint density at radius 2 is 2.45 bits per heavy atom. The first-order valence-corrected chi connectivity index (χ1v) is 3.99. The van der Waals surface area contributed by atoms with Gasteiger partial charge in [0.15, 0.2) is 0 Å². The zero-order chi connectivity index (χ0) is 7.84. The minimum Gasteiger partial charge on any atom is -0.387 e. The summed E-state index contributed by atoms with van der Waals surface area (Å²) < 4.78 is 0. The lowest BCUT2D eigenvalue weighted by atomic mass is 9.96. The molecule has 2 nitrogen and oxygen atoms in total. The number of hydrogen-bond acceptors (Lipinski definition) is 2. The predicted octanol–water partition coefficient (Wildman–Crippen LogP) is 1.60. The summed E-state index contributed by atoms with van der Waals surface area (Å²) in [7, 11) is 0. The van der Waals surface area contributed by atoms with Gasteiger partial charge >= 0.3 is 0 Å². The summed E-state index contributed by atoms with van der Waals surface area (Å²) >= 11 is 5.82. The number of allylic oxidation sites excluding steroid dienone is 2. The van der Waals surface area contributed by atoms with Gasteiger partial charge in [-0.1, -0.05) is 17.7 Å². The maximum Gasteiger partial charge on any atom is 0.0969 e. The molecule has 0 aromatic carbocycles. The van der Waals surface area contributed by atoms with Crippen LogP contribution < -0.4 is 0 Å². The number of aliphatic hydroxyl groups is 1. The molecule has 58 valence electrons. The molecule has 1 unspecified atom stereocenters. The highest BCUT2D eigenvalue weighted by molar-refractivity contribution is 6.37. The third kappa shape index (κ3) is 1.03. The van der Waals surface area contributed by atoms with E-state index in [0.29, 0.717) is 5.03 Å². The Kier molecular flexibility index (Phi) is 1.59. The van der Waals surface area contributed by atoms with Crippen LogP contribution in [-0.2, 0) is 0 Å². The van der Waals surface area contributed by atoms with Crippen LogP contribution in [0.1, 0.15) is 12.8 Å². The summed E-state index contributed by atoms with van der Waals surface area (Å²) in [5.41, 5.74) is 1.66. The molecule has 0 aromatic rings. The quantitative estimate of drug-likeness (QED) is 0.587. The van der Waals surface area contributed by atoms with E-state index in [4.69, 9.17) is 11.6 Å². The van der Waals surface area contributed by atoms with Crippen LogP contribution in [0.4, 0.5) is 0 Å². The monoisotopic (exact) mass is 169 g/mol. The Labute approximate surface area is 69.9 Å². The molecule has 3 heteroatoms. The Morgan fingerprint density at radius 3 is 3.18 bits per heavy atom.